The molecule has 1 heterocycles. The van der Waals surface area contributed by atoms with Crippen molar-refractivity contribution in [2.45, 2.75) is 46.2 Å². The molecule has 0 saturated carbocycles. The average molecular weight is 367 g/mol. The maximum absolute atomic E-state index is 12.6. The summed E-state index contributed by atoms with van der Waals surface area (Å²) < 4.78 is 5.40. The van der Waals surface area contributed by atoms with Gasteiger partial charge in [0.1, 0.15) is 6.04 Å². The number of hydrogen-bond acceptors (Lipinski definition) is 5. The molecule has 0 fully saturated rings. The first-order chi connectivity index (χ1) is 11.4. The maximum Gasteiger partial charge on any atom is 0.252 e. The Bertz CT molecular complexity index is 687. The van der Waals surface area contributed by atoms with E-state index in [0.717, 1.165) is 5.56 Å². The largest absolute Gasteiger partial charge is 0.340 e. The summed E-state index contributed by atoms with van der Waals surface area (Å²) in [7, 11) is 1.89. The second kappa shape index (κ2) is 9.53. The van der Waals surface area contributed by atoms with E-state index in [0.29, 0.717) is 23.7 Å². The Kier molecular flexibility index (Phi) is 8.06. The van der Waals surface area contributed by atoms with Crippen LogP contribution in [0.5, 0.6) is 0 Å². The minimum atomic E-state index is -0.316. The number of nitrogens with one attached hydrogen (secondary N) is 2. The second-order valence-electron chi connectivity index (χ2n) is 6.45. The molecule has 2 rings (SSSR count). The van der Waals surface area contributed by atoms with Gasteiger partial charge in [-0.05, 0) is 38.4 Å². The van der Waals surface area contributed by atoms with Crippen LogP contribution in [0, 0.1) is 12.8 Å². The van der Waals surface area contributed by atoms with E-state index in [4.69, 9.17) is 4.52 Å². The molecular formula is C18H27ClN4O2. The predicted molar refractivity (Wildman–Crippen MR) is 100.0 cm³/mol. The first kappa shape index (κ1) is 21.1. The van der Waals surface area contributed by atoms with Crippen LogP contribution >= 0.6 is 12.4 Å². The van der Waals surface area contributed by atoms with Gasteiger partial charge in [0.2, 0.25) is 5.89 Å². The fourth-order valence-corrected chi connectivity index (χ4v) is 2.41. The lowest BCUT2D eigenvalue weighted by atomic mass is 10.0. The van der Waals surface area contributed by atoms with Gasteiger partial charge in [0, 0.05) is 18.0 Å². The molecule has 0 aliphatic heterocycles. The number of likely N-dealkylation sites (N-methyl/N-ethyl adjacent to an activating group) is 1. The van der Waals surface area contributed by atoms with E-state index < -0.39 is 0 Å². The lowest BCUT2D eigenvalue weighted by molar-refractivity contribution is 0.0913. The van der Waals surface area contributed by atoms with Gasteiger partial charge < -0.3 is 15.2 Å². The molecule has 0 aliphatic carbocycles. The number of rotatable bonds is 7. The van der Waals surface area contributed by atoms with Crippen molar-refractivity contribution in [1.82, 2.24) is 20.8 Å². The Hall–Kier alpha value is -1.92. The highest BCUT2D eigenvalue weighted by Crippen LogP contribution is 2.21. The highest BCUT2D eigenvalue weighted by atomic mass is 35.5. The van der Waals surface area contributed by atoms with Crippen molar-refractivity contribution >= 4 is 18.3 Å². The molecule has 1 amide bonds. The van der Waals surface area contributed by atoms with Gasteiger partial charge in [-0.25, -0.2) is 0 Å². The SMILES string of the molecule is CNC(C)Cc1noc(C(NC(=O)c2ccccc2C)C(C)C)n1.Cl. The molecule has 0 aliphatic rings. The van der Waals surface area contributed by atoms with E-state index in [1.54, 1.807) is 0 Å². The second-order valence-corrected chi connectivity index (χ2v) is 6.45. The van der Waals surface area contributed by atoms with Crippen molar-refractivity contribution in [3.05, 3.63) is 47.1 Å². The first-order valence-corrected chi connectivity index (χ1v) is 8.28. The third-order valence-electron chi connectivity index (χ3n) is 4.07. The Morgan fingerprint density at radius 2 is 1.92 bits per heavy atom. The minimum Gasteiger partial charge on any atom is -0.340 e. The predicted octanol–water partition coefficient (Wildman–Crippen LogP) is 3.08. The highest BCUT2D eigenvalue weighted by Gasteiger charge is 2.25. The number of aryl methyl sites for hydroxylation is 1. The van der Waals surface area contributed by atoms with E-state index in [9.17, 15) is 4.79 Å². The molecule has 0 spiro atoms. The summed E-state index contributed by atoms with van der Waals surface area (Å²) in [6.07, 6.45) is 0.677. The maximum atomic E-state index is 12.6. The third-order valence-corrected chi connectivity index (χ3v) is 4.07. The number of amides is 1. The fraction of sp³-hybridized carbons (Fsp3) is 0.500. The summed E-state index contributed by atoms with van der Waals surface area (Å²) in [5.74, 6) is 1.09. The number of carbonyl (C=O) groups excluding carboxylic acids is 1. The quantitative estimate of drug-likeness (QED) is 0.787. The van der Waals surface area contributed by atoms with Gasteiger partial charge in [-0.2, -0.15) is 4.98 Å². The number of aromatic nitrogens is 2. The molecule has 138 valence electrons. The third kappa shape index (κ3) is 5.54. The van der Waals surface area contributed by atoms with Crippen LogP contribution < -0.4 is 10.6 Å². The van der Waals surface area contributed by atoms with Crippen molar-refractivity contribution in [3.63, 3.8) is 0 Å². The molecule has 1 aromatic carbocycles. The number of benzene rings is 1. The van der Waals surface area contributed by atoms with E-state index in [2.05, 4.69) is 27.7 Å². The van der Waals surface area contributed by atoms with Crippen LogP contribution in [0.1, 0.15) is 54.4 Å². The minimum absolute atomic E-state index is 0. The Morgan fingerprint density at radius 1 is 1.24 bits per heavy atom. The van der Waals surface area contributed by atoms with Crippen LogP contribution in [0.25, 0.3) is 0 Å². The number of halogens is 1. The lowest BCUT2D eigenvalue weighted by Crippen LogP contribution is -2.32. The molecular weight excluding hydrogens is 340 g/mol. The Morgan fingerprint density at radius 3 is 2.52 bits per heavy atom. The number of carbonyl (C=O) groups is 1. The van der Waals surface area contributed by atoms with Gasteiger partial charge in [0.15, 0.2) is 5.82 Å². The van der Waals surface area contributed by atoms with E-state index in [1.165, 1.54) is 0 Å². The molecule has 0 saturated heterocycles. The van der Waals surface area contributed by atoms with Crippen LogP contribution in [0.15, 0.2) is 28.8 Å². The molecule has 7 heteroatoms. The number of hydrogen-bond donors (Lipinski definition) is 2. The van der Waals surface area contributed by atoms with Crippen molar-refractivity contribution in [3.8, 4) is 0 Å². The van der Waals surface area contributed by atoms with E-state index in [1.807, 2.05) is 52.1 Å². The molecule has 6 nitrogen and oxygen atoms in total. The van der Waals surface area contributed by atoms with Crippen molar-refractivity contribution in [1.29, 1.82) is 0 Å². The molecule has 0 bridgehead atoms. The van der Waals surface area contributed by atoms with Gasteiger partial charge in [0.25, 0.3) is 5.91 Å². The zero-order chi connectivity index (χ0) is 17.7. The zero-order valence-electron chi connectivity index (χ0n) is 15.4. The van der Waals surface area contributed by atoms with E-state index in [-0.39, 0.29) is 36.3 Å². The van der Waals surface area contributed by atoms with Gasteiger partial charge in [0.05, 0.1) is 0 Å². The lowest BCUT2D eigenvalue weighted by Gasteiger charge is -2.19. The van der Waals surface area contributed by atoms with Crippen LogP contribution in [0.3, 0.4) is 0 Å². The number of nitrogens with zero attached hydrogens (tertiary/aromatic N) is 2. The van der Waals surface area contributed by atoms with Crippen LogP contribution in [0.4, 0.5) is 0 Å². The Balaban J connectivity index is 0.00000312. The standard InChI is InChI=1S/C18H26N4O2.ClH/c1-11(2)16(18-20-15(22-24-18)10-13(4)19-5)21-17(23)14-9-7-6-8-12(14)3;/h6-9,11,13,16,19H,10H2,1-5H3,(H,21,23);1H. The van der Waals surface area contributed by atoms with Gasteiger partial charge in [-0.1, -0.05) is 37.2 Å². The van der Waals surface area contributed by atoms with Gasteiger partial charge >= 0.3 is 0 Å². The monoisotopic (exact) mass is 366 g/mol. The smallest absolute Gasteiger partial charge is 0.252 e. The summed E-state index contributed by atoms with van der Waals surface area (Å²) in [5, 5.41) is 10.2. The first-order valence-electron chi connectivity index (χ1n) is 8.28. The molecule has 2 unspecified atom stereocenters. The summed E-state index contributed by atoms with van der Waals surface area (Å²) in [5.41, 5.74) is 1.60. The topological polar surface area (TPSA) is 80.0 Å². The summed E-state index contributed by atoms with van der Waals surface area (Å²) in [4.78, 5) is 17.0. The summed E-state index contributed by atoms with van der Waals surface area (Å²) >= 11 is 0. The van der Waals surface area contributed by atoms with E-state index >= 15 is 0 Å². The molecule has 2 aromatic rings. The summed E-state index contributed by atoms with van der Waals surface area (Å²) in [6.45, 7) is 8.00. The van der Waals surface area contributed by atoms with Crippen molar-refractivity contribution < 1.29 is 9.32 Å². The molecule has 25 heavy (non-hydrogen) atoms. The van der Waals surface area contributed by atoms with Crippen LogP contribution in [-0.4, -0.2) is 29.1 Å². The summed E-state index contributed by atoms with van der Waals surface area (Å²) in [6, 6.07) is 7.45. The van der Waals surface area contributed by atoms with Crippen molar-refractivity contribution in [2.24, 2.45) is 5.92 Å². The Labute approximate surface area is 155 Å². The van der Waals surface area contributed by atoms with Gasteiger partial charge in [-0.3, -0.25) is 4.79 Å². The van der Waals surface area contributed by atoms with Crippen LogP contribution in [0.2, 0.25) is 0 Å². The molecule has 2 N–H and O–H groups in total. The fourth-order valence-electron chi connectivity index (χ4n) is 2.41. The highest BCUT2D eigenvalue weighted by molar-refractivity contribution is 5.95. The molecule has 0 radical (unpaired) electrons. The average Bonchev–Trinajstić information content (AvgIpc) is 3.00. The normalized spacial score (nSPS) is 13.2. The molecule has 2 atom stereocenters. The van der Waals surface area contributed by atoms with Gasteiger partial charge in [-0.15, -0.1) is 12.4 Å². The van der Waals surface area contributed by atoms with Crippen molar-refractivity contribution in [2.75, 3.05) is 7.05 Å². The molecule has 1 aromatic heterocycles. The van der Waals surface area contributed by atoms with Crippen LogP contribution in [-0.2, 0) is 6.42 Å². The zero-order valence-corrected chi connectivity index (χ0v) is 16.2.